The third kappa shape index (κ3) is 3.42. The first-order valence-corrected chi connectivity index (χ1v) is 9.18. The standard InChI is InChI=1S/C15H18FN3O3S/c1-2-23(20,21)19-9-3-4-12(10-19)15-17-14(18-22-15)11-5-7-13(16)8-6-11/h5-8,12H,2-4,9-10H2,1H3. The fourth-order valence-corrected chi connectivity index (χ4v) is 3.88. The number of aromatic nitrogens is 2. The second kappa shape index (κ2) is 6.37. The molecule has 124 valence electrons. The van der Waals surface area contributed by atoms with Gasteiger partial charge in [-0.15, -0.1) is 0 Å². The van der Waals surface area contributed by atoms with E-state index < -0.39 is 10.0 Å². The summed E-state index contributed by atoms with van der Waals surface area (Å²) in [6.45, 7) is 2.53. The van der Waals surface area contributed by atoms with Gasteiger partial charge in [-0.1, -0.05) is 5.16 Å². The van der Waals surface area contributed by atoms with E-state index in [0.29, 0.717) is 30.4 Å². The van der Waals surface area contributed by atoms with Gasteiger partial charge in [0.2, 0.25) is 21.7 Å². The zero-order valence-electron chi connectivity index (χ0n) is 12.8. The van der Waals surface area contributed by atoms with Crippen LogP contribution in [-0.2, 0) is 10.0 Å². The first-order chi connectivity index (χ1) is 11.0. The maximum atomic E-state index is 13.0. The molecule has 6 nitrogen and oxygen atoms in total. The highest BCUT2D eigenvalue weighted by Crippen LogP contribution is 2.28. The van der Waals surface area contributed by atoms with Gasteiger partial charge >= 0.3 is 0 Å². The predicted molar refractivity (Wildman–Crippen MR) is 82.7 cm³/mol. The van der Waals surface area contributed by atoms with Gasteiger partial charge in [0.15, 0.2) is 0 Å². The summed E-state index contributed by atoms with van der Waals surface area (Å²) in [4.78, 5) is 4.35. The number of nitrogens with zero attached hydrogens (tertiary/aromatic N) is 3. The molecular formula is C15H18FN3O3S. The smallest absolute Gasteiger partial charge is 0.231 e. The maximum Gasteiger partial charge on any atom is 0.231 e. The Morgan fingerprint density at radius 1 is 1.35 bits per heavy atom. The van der Waals surface area contributed by atoms with Crippen molar-refractivity contribution in [3.63, 3.8) is 0 Å². The van der Waals surface area contributed by atoms with E-state index in [1.165, 1.54) is 16.4 Å². The highest BCUT2D eigenvalue weighted by molar-refractivity contribution is 7.89. The quantitative estimate of drug-likeness (QED) is 0.855. The van der Waals surface area contributed by atoms with Crippen molar-refractivity contribution < 1.29 is 17.3 Å². The van der Waals surface area contributed by atoms with Crippen LogP contribution in [0.4, 0.5) is 4.39 Å². The fourth-order valence-electron chi connectivity index (χ4n) is 2.70. The Bertz CT molecular complexity index is 774. The normalized spacial score (nSPS) is 19.8. The Balaban J connectivity index is 1.79. The number of halogens is 1. The van der Waals surface area contributed by atoms with Crippen molar-refractivity contribution in [1.29, 1.82) is 0 Å². The summed E-state index contributed by atoms with van der Waals surface area (Å²) in [7, 11) is -3.21. The second-order valence-electron chi connectivity index (χ2n) is 5.56. The Hall–Kier alpha value is -1.80. The molecule has 2 aromatic rings. The summed E-state index contributed by atoms with van der Waals surface area (Å²) < 4.78 is 43.8. The Morgan fingerprint density at radius 2 is 2.09 bits per heavy atom. The molecule has 0 aliphatic carbocycles. The molecule has 0 radical (unpaired) electrons. The van der Waals surface area contributed by atoms with Crippen LogP contribution < -0.4 is 0 Å². The van der Waals surface area contributed by atoms with Gasteiger partial charge in [-0.3, -0.25) is 0 Å². The highest BCUT2D eigenvalue weighted by Gasteiger charge is 2.31. The second-order valence-corrected chi connectivity index (χ2v) is 7.82. The van der Waals surface area contributed by atoms with Gasteiger partial charge in [-0.2, -0.15) is 4.98 Å². The minimum absolute atomic E-state index is 0.0877. The van der Waals surface area contributed by atoms with Crippen molar-refractivity contribution in [2.75, 3.05) is 18.8 Å². The van der Waals surface area contributed by atoms with Gasteiger partial charge in [0, 0.05) is 18.7 Å². The molecule has 1 aromatic heterocycles. The van der Waals surface area contributed by atoms with Crippen LogP contribution in [0.5, 0.6) is 0 Å². The molecule has 1 aliphatic heterocycles. The molecule has 1 aliphatic rings. The predicted octanol–water partition coefficient (Wildman–Crippen LogP) is 2.40. The number of sulfonamides is 1. The van der Waals surface area contributed by atoms with Crippen LogP contribution in [0.1, 0.15) is 31.6 Å². The van der Waals surface area contributed by atoms with E-state index in [9.17, 15) is 12.8 Å². The van der Waals surface area contributed by atoms with Crippen molar-refractivity contribution in [3.8, 4) is 11.4 Å². The van der Waals surface area contributed by atoms with Gasteiger partial charge in [0.25, 0.3) is 0 Å². The number of piperidine rings is 1. The number of hydrogen-bond acceptors (Lipinski definition) is 5. The van der Waals surface area contributed by atoms with E-state index >= 15 is 0 Å². The summed E-state index contributed by atoms with van der Waals surface area (Å²) in [6, 6.07) is 5.83. The van der Waals surface area contributed by atoms with E-state index in [1.54, 1.807) is 19.1 Å². The molecule has 8 heteroatoms. The van der Waals surface area contributed by atoms with Gasteiger partial charge in [0.1, 0.15) is 5.82 Å². The number of rotatable bonds is 4. The van der Waals surface area contributed by atoms with E-state index in [1.807, 2.05) is 0 Å². The lowest BCUT2D eigenvalue weighted by Crippen LogP contribution is -2.39. The fraction of sp³-hybridized carbons (Fsp3) is 0.467. The third-order valence-electron chi connectivity index (χ3n) is 4.04. The highest BCUT2D eigenvalue weighted by atomic mass is 32.2. The molecule has 23 heavy (non-hydrogen) atoms. The van der Waals surface area contributed by atoms with Crippen LogP contribution >= 0.6 is 0 Å². The van der Waals surface area contributed by atoms with Gasteiger partial charge in [-0.05, 0) is 44.0 Å². The molecule has 0 N–H and O–H groups in total. The summed E-state index contributed by atoms with van der Waals surface area (Å²) in [5.41, 5.74) is 0.662. The summed E-state index contributed by atoms with van der Waals surface area (Å²) in [6.07, 6.45) is 1.57. The van der Waals surface area contributed by atoms with Crippen molar-refractivity contribution in [3.05, 3.63) is 36.0 Å². The third-order valence-corrected chi connectivity index (χ3v) is 5.88. The molecule has 1 fully saturated rings. The lowest BCUT2D eigenvalue weighted by Gasteiger charge is -2.29. The first-order valence-electron chi connectivity index (χ1n) is 7.57. The number of benzene rings is 1. The lowest BCUT2D eigenvalue weighted by atomic mass is 10.00. The molecule has 0 amide bonds. The van der Waals surface area contributed by atoms with Crippen LogP contribution in [0.3, 0.4) is 0 Å². The number of hydrogen-bond donors (Lipinski definition) is 0. The van der Waals surface area contributed by atoms with Crippen molar-refractivity contribution >= 4 is 10.0 Å². The summed E-state index contributed by atoms with van der Waals surface area (Å²) in [5.74, 6) is 0.470. The van der Waals surface area contributed by atoms with E-state index in [4.69, 9.17) is 4.52 Å². The van der Waals surface area contributed by atoms with E-state index in [2.05, 4.69) is 10.1 Å². The molecule has 1 saturated heterocycles. The van der Waals surface area contributed by atoms with E-state index in [-0.39, 0.29) is 17.5 Å². The minimum Gasteiger partial charge on any atom is -0.339 e. The molecule has 3 rings (SSSR count). The lowest BCUT2D eigenvalue weighted by molar-refractivity contribution is 0.266. The van der Waals surface area contributed by atoms with Crippen LogP contribution in [0.25, 0.3) is 11.4 Å². The minimum atomic E-state index is -3.21. The summed E-state index contributed by atoms with van der Waals surface area (Å²) >= 11 is 0. The van der Waals surface area contributed by atoms with Crippen molar-refractivity contribution in [2.24, 2.45) is 0 Å². The van der Waals surface area contributed by atoms with Crippen LogP contribution in [0.2, 0.25) is 0 Å². The molecule has 0 saturated carbocycles. The van der Waals surface area contributed by atoms with E-state index in [0.717, 1.165) is 12.8 Å². The molecule has 1 atom stereocenters. The van der Waals surface area contributed by atoms with Crippen LogP contribution in [-0.4, -0.2) is 41.7 Å². The van der Waals surface area contributed by atoms with Crippen LogP contribution in [0.15, 0.2) is 28.8 Å². The molecule has 2 heterocycles. The molecule has 0 bridgehead atoms. The zero-order valence-corrected chi connectivity index (χ0v) is 13.6. The monoisotopic (exact) mass is 339 g/mol. The average Bonchev–Trinajstić information content (AvgIpc) is 3.06. The van der Waals surface area contributed by atoms with Crippen molar-refractivity contribution in [2.45, 2.75) is 25.7 Å². The Kier molecular flexibility index (Phi) is 4.45. The SMILES string of the molecule is CCS(=O)(=O)N1CCCC(c2nc(-c3ccc(F)cc3)no2)C1. The maximum absolute atomic E-state index is 13.0. The molecular weight excluding hydrogens is 321 g/mol. The van der Waals surface area contributed by atoms with Gasteiger partial charge in [-0.25, -0.2) is 17.1 Å². The molecule has 0 spiro atoms. The van der Waals surface area contributed by atoms with Crippen molar-refractivity contribution in [1.82, 2.24) is 14.4 Å². The molecule has 1 aromatic carbocycles. The summed E-state index contributed by atoms with van der Waals surface area (Å²) in [5, 5.41) is 3.92. The molecule has 1 unspecified atom stereocenters. The topological polar surface area (TPSA) is 76.3 Å². The Morgan fingerprint density at radius 3 is 2.78 bits per heavy atom. The average molecular weight is 339 g/mol. The van der Waals surface area contributed by atoms with Gasteiger partial charge < -0.3 is 4.52 Å². The Labute approximate surface area is 134 Å². The largest absolute Gasteiger partial charge is 0.339 e. The first kappa shape index (κ1) is 16.1. The van der Waals surface area contributed by atoms with Gasteiger partial charge in [0.05, 0.1) is 11.7 Å². The van der Waals surface area contributed by atoms with Crippen LogP contribution in [0, 0.1) is 5.82 Å². The zero-order chi connectivity index (χ0) is 16.4.